The second-order valence-electron chi connectivity index (χ2n) is 8.19. The Kier molecular flexibility index (Phi) is 9.96. The van der Waals surface area contributed by atoms with Gasteiger partial charge in [-0.25, -0.2) is 0 Å². The molecule has 0 aliphatic carbocycles. The third kappa shape index (κ3) is 7.33. The Morgan fingerprint density at radius 2 is 1.82 bits per heavy atom. The van der Waals surface area contributed by atoms with Gasteiger partial charge in [-0.3, -0.25) is 14.7 Å². The lowest BCUT2D eigenvalue weighted by Gasteiger charge is -2.25. The molecule has 1 unspecified atom stereocenters. The largest absolute Gasteiger partial charge is 0.459 e. The van der Waals surface area contributed by atoms with Crippen molar-refractivity contribution in [3.63, 3.8) is 0 Å². The minimum absolute atomic E-state index is 0. The molecule has 2 aromatic carbocycles. The average Bonchev–Trinajstić information content (AvgIpc) is 3.54. The zero-order valence-corrected chi connectivity index (χ0v) is 21.7. The maximum absolute atomic E-state index is 12.1. The Bertz CT molecular complexity index is 1040. The van der Waals surface area contributed by atoms with E-state index in [1.165, 1.54) is 24.7 Å². The summed E-state index contributed by atoms with van der Waals surface area (Å²) in [6.07, 6.45) is 3.91. The fraction of sp³-hybridized carbons (Fsp3) is 0.308. The van der Waals surface area contributed by atoms with E-state index in [1.54, 1.807) is 19.2 Å². The summed E-state index contributed by atoms with van der Waals surface area (Å²) in [6.45, 7) is 3.63. The fourth-order valence-corrected chi connectivity index (χ4v) is 4.08. The molecule has 1 fully saturated rings. The maximum atomic E-state index is 12.1. The highest BCUT2D eigenvalue weighted by Crippen LogP contribution is 2.19. The van der Waals surface area contributed by atoms with Crippen LogP contribution in [0.4, 0.5) is 5.69 Å². The molecule has 34 heavy (non-hydrogen) atoms. The molecule has 0 saturated carbocycles. The molecule has 1 saturated heterocycles. The third-order valence-electron chi connectivity index (χ3n) is 5.87. The van der Waals surface area contributed by atoms with Crippen molar-refractivity contribution in [2.45, 2.75) is 32.0 Å². The number of carbonyl (C=O) groups excluding carboxylic acids is 1. The molecule has 3 aromatic rings. The number of likely N-dealkylation sites (tertiary alicyclic amines) is 1. The van der Waals surface area contributed by atoms with Crippen molar-refractivity contribution in [1.82, 2.24) is 15.5 Å². The lowest BCUT2D eigenvalue weighted by atomic mass is 10.2. The van der Waals surface area contributed by atoms with Crippen molar-refractivity contribution in [3.05, 3.63) is 89.9 Å². The summed E-state index contributed by atoms with van der Waals surface area (Å²) in [7, 11) is 1.79. The number of benzene rings is 2. The molecule has 3 N–H and O–H groups in total. The number of hydrogen-bond acceptors (Lipinski definition) is 4. The van der Waals surface area contributed by atoms with Crippen molar-refractivity contribution in [3.8, 4) is 0 Å². The third-order valence-corrected chi connectivity index (χ3v) is 5.87. The van der Waals surface area contributed by atoms with Crippen LogP contribution in [0.1, 0.15) is 34.5 Å². The van der Waals surface area contributed by atoms with E-state index in [1.807, 2.05) is 24.3 Å². The minimum atomic E-state index is -0.260. The standard InChI is InChI=1S/C26H31N5O2.HI/c1-27-26(29-18-23-9-5-15-31(23)19-21-7-3-2-4-8-21)28-17-20-11-13-22(14-12-20)30-25(32)24-10-6-16-33-24;/h2-4,6-8,10-14,16,23H,5,9,15,17-19H2,1H3,(H,30,32)(H2,27,28,29);1H. The van der Waals surface area contributed by atoms with Crippen molar-refractivity contribution in [2.75, 3.05) is 25.5 Å². The van der Waals surface area contributed by atoms with Crippen LogP contribution in [0.3, 0.4) is 0 Å². The van der Waals surface area contributed by atoms with Crippen LogP contribution in [-0.2, 0) is 13.1 Å². The average molecular weight is 573 g/mol. The number of amides is 1. The molecular weight excluding hydrogens is 541 g/mol. The van der Waals surface area contributed by atoms with E-state index in [0.717, 1.165) is 36.8 Å². The van der Waals surface area contributed by atoms with Crippen LogP contribution in [0.25, 0.3) is 0 Å². The highest BCUT2D eigenvalue weighted by Gasteiger charge is 2.24. The highest BCUT2D eigenvalue weighted by atomic mass is 127. The lowest BCUT2D eigenvalue weighted by molar-refractivity contribution is 0.0996. The summed E-state index contributed by atoms with van der Waals surface area (Å²) in [5, 5.41) is 9.68. The van der Waals surface area contributed by atoms with Gasteiger partial charge in [-0.15, -0.1) is 24.0 Å². The molecule has 1 aliphatic heterocycles. The van der Waals surface area contributed by atoms with Crippen LogP contribution in [0, 0.1) is 0 Å². The summed E-state index contributed by atoms with van der Waals surface area (Å²) in [6, 6.07) is 22.2. The minimum Gasteiger partial charge on any atom is -0.459 e. The molecule has 0 spiro atoms. The van der Waals surface area contributed by atoms with E-state index in [2.05, 4.69) is 56.2 Å². The molecule has 0 bridgehead atoms. The van der Waals surface area contributed by atoms with Gasteiger partial charge in [-0.2, -0.15) is 0 Å². The first-order valence-corrected chi connectivity index (χ1v) is 11.4. The number of carbonyl (C=O) groups is 1. The van der Waals surface area contributed by atoms with Crippen LogP contribution < -0.4 is 16.0 Å². The Labute approximate surface area is 218 Å². The number of nitrogens with zero attached hydrogens (tertiary/aromatic N) is 2. The summed E-state index contributed by atoms with van der Waals surface area (Å²) in [5.41, 5.74) is 3.18. The molecule has 1 atom stereocenters. The van der Waals surface area contributed by atoms with Crippen molar-refractivity contribution < 1.29 is 9.21 Å². The van der Waals surface area contributed by atoms with Gasteiger partial charge in [0.15, 0.2) is 11.7 Å². The molecular formula is C26H32IN5O2. The predicted molar refractivity (Wildman–Crippen MR) is 147 cm³/mol. The number of guanidine groups is 1. The van der Waals surface area contributed by atoms with Crippen molar-refractivity contribution in [1.29, 1.82) is 0 Å². The van der Waals surface area contributed by atoms with Crippen LogP contribution >= 0.6 is 24.0 Å². The number of hydrogen-bond donors (Lipinski definition) is 3. The van der Waals surface area contributed by atoms with Gasteiger partial charge in [-0.1, -0.05) is 42.5 Å². The van der Waals surface area contributed by atoms with Crippen LogP contribution in [-0.4, -0.2) is 42.9 Å². The second kappa shape index (κ2) is 13.1. The lowest BCUT2D eigenvalue weighted by Crippen LogP contribution is -2.44. The zero-order chi connectivity index (χ0) is 22.9. The number of furan rings is 1. The molecule has 1 aromatic heterocycles. The monoisotopic (exact) mass is 573 g/mol. The van der Waals surface area contributed by atoms with Gasteiger partial charge in [-0.05, 0) is 54.8 Å². The van der Waals surface area contributed by atoms with E-state index in [-0.39, 0.29) is 29.9 Å². The Morgan fingerprint density at radius 1 is 1.03 bits per heavy atom. The first kappa shape index (κ1) is 25.8. The number of anilines is 1. The van der Waals surface area contributed by atoms with Gasteiger partial charge < -0.3 is 20.4 Å². The number of nitrogens with one attached hydrogen (secondary N) is 3. The maximum Gasteiger partial charge on any atom is 0.291 e. The second-order valence-corrected chi connectivity index (χ2v) is 8.19. The van der Waals surface area contributed by atoms with Crippen LogP contribution in [0.15, 0.2) is 82.4 Å². The fourth-order valence-electron chi connectivity index (χ4n) is 4.08. The van der Waals surface area contributed by atoms with Crippen molar-refractivity contribution in [2.24, 2.45) is 4.99 Å². The first-order valence-electron chi connectivity index (χ1n) is 11.4. The summed E-state index contributed by atoms with van der Waals surface area (Å²) in [4.78, 5) is 19.0. The predicted octanol–water partition coefficient (Wildman–Crippen LogP) is 4.48. The van der Waals surface area contributed by atoms with E-state index >= 15 is 0 Å². The summed E-state index contributed by atoms with van der Waals surface area (Å²) < 4.78 is 5.12. The van der Waals surface area contributed by atoms with E-state index < -0.39 is 0 Å². The molecule has 8 heteroatoms. The van der Waals surface area contributed by atoms with Crippen LogP contribution in [0.2, 0.25) is 0 Å². The number of aliphatic imine (C=N–C) groups is 1. The summed E-state index contributed by atoms with van der Waals surface area (Å²) in [5.74, 6) is 0.820. The van der Waals surface area contributed by atoms with Gasteiger partial charge in [0.25, 0.3) is 5.91 Å². The first-order chi connectivity index (χ1) is 16.2. The Morgan fingerprint density at radius 3 is 2.53 bits per heavy atom. The normalized spacial score (nSPS) is 16.0. The van der Waals surface area contributed by atoms with Gasteiger partial charge in [0.05, 0.1) is 6.26 Å². The SMILES string of the molecule is CN=C(NCc1ccc(NC(=O)c2ccco2)cc1)NCC1CCCN1Cc1ccccc1.I. The van der Waals surface area contributed by atoms with Gasteiger partial charge in [0.1, 0.15) is 0 Å². The van der Waals surface area contributed by atoms with E-state index in [0.29, 0.717) is 18.3 Å². The Balaban J connectivity index is 0.00000324. The Hall–Kier alpha value is -2.85. The van der Waals surface area contributed by atoms with Gasteiger partial charge in [0, 0.05) is 38.4 Å². The topological polar surface area (TPSA) is 81.9 Å². The molecule has 1 aliphatic rings. The highest BCUT2D eigenvalue weighted by molar-refractivity contribution is 14.0. The van der Waals surface area contributed by atoms with E-state index in [9.17, 15) is 4.79 Å². The van der Waals surface area contributed by atoms with Gasteiger partial charge in [0.2, 0.25) is 0 Å². The quantitative estimate of drug-likeness (QED) is 0.211. The molecule has 4 rings (SSSR count). The smallest absolute Gasteiger partial charge is 0.291 e. The number of halogens is 1. The number of rotatable bonds is 8. The molecule has 2 heterocycles. The molecule has 7 nitrogen and oxygen atoms in total. The van der Waals surface area contributed by atoms with Crippen molar-refractivity contribution >= 4 is 41.5 Å². The van der Waals surface area contributed by atoms with Gasteiger partial charge >= 0.3 is 0 Å². The van der Waals surface area contributed by atoms with Crippen LogP contribution in [0.5, 0.6) is 0 Å². The molecule has 0 radical (unpaired) electrons. The zero-order valence-electron chi connectivity index (χ0n) is 19.4. The molecule has 180 valence electrons. The molecule has 1 amide bonds. The summed E-state index contributed by atoms with van der Waals surface area (Å²) >= 11 is 0. The van der Waals surface area contributed by atoms with E-state index in [4.69, 9.17) is 4.42 Å².